The van der Waals surface area contributed by atoms with Gasteiger partial charge in [0.1, 0.15) is 17.3 Å². The molecule has 0 aromatic heterocycles. The second kappa shape index (κ2) is 7.36. The molecule has 4 nitrogen and oxygen atoms in total. The summed E-state index contributed by atoms with van der Waals surface area (Å²) in [5.74, 6) is -0.183. The largest absolute Gasteiger partial charge is 0.497 e. The van der Waals surface area contributed by atoms with E-state index >= 15 is 0 Å². The zero-order chi connectivity index (χ0) is 15.9. The molecule has 0 aliphatic rings. The van der Waals surface area contributed by atoms with E-state index in [1.165, 1.54) is 24.3 Å². The molecule has 0 N–H and O–H groups in total. The van der Waals surface area contributed by atoms with Gasteiger partial charge in [0.15, 0.2) is 5.78 Å². The highest BCUT2D eigenvalue weighted by Gasteiger charge is 2.11. The minimum Gasteiger partial charge on any atom is -0.497 e. The molecule has 0 aliphatic carbocycles. The maximum Gasteiger partial charge on any atom is 0.311 e. The Morgan fingerprint density at radius 3 is 2.09 bits per heavy atom. The van der Waals surface area contributed by atoms with Crippen molar-refractivity contribution in [2.45, 2.75) is 12.8 Å². The van der Waals surface area contributed by atoms with Gasteiger partial charge in [-0.2, -0.15) is 0 Å². The number of esters is 1. The SMILES string of the molecule is COc1ccc(C(=O)CCC(=O)Oc2ccc(F)cc2)cc1. The molecule has 5 heteroatoms. The van der Waals surface area contributed by atoms with Crippen molar-refractivity contribution in [2.75, 3.05) is 7.11 Å². The van der Waals surface area contributed by atoms with E-state index in [9.17, 15) is 14.0 Å². The summed E-state index contributed by atoms with van der Waals surface area (Å²) >= 11 is 0. The number of methoxy groups -OCH3 is 1. The zero-order valence-electron chi connectivity index (χ0n) is 12.0. The van der Waals surface area contributed by atoms with Crippen LogP contribution in [-0.4, -0.2) is 18.9 Å². The fourth-order valence-electron chi connectivity index (χ4n) is 1.82. The fourth-order valence-corrected chi connectivity index (χ4v) is 1.82. The molecule has 0 unspecified atom stereocenters. The van der Waals surface area contributed by atoms with Crippen molar-refractivity contribution in [1.29, 1.82) is 0 Å². The van der Waals surface area contributed by atoms with Crippen LogP contribution in [0.3, 0.4) is 0 Å². The lowest BCUT2D eigenvalue weighted by atomic mass is 10.1. The van der Waals surface area contributed by atoms with Crippen molar-refractivity contribution in [1.82, 2.24) is 0 Å². The van der Waals surface area contributed by atoms with Gasteiger partial charge in [-0.25, -0.2) is 4.39 Å². The first-order chi connectivity index (χ1) is 10.6. The molecule has 22 heavy (non-hydrogen) atoms. The Labute approximate surface area is 127 Å². The number of carbonyl (C=O) groups is 2. The van der Waals surface area contributed by atoms with Crippen molar-refractivity contribution in [3.8, 4) is 11.5 Å². The van der Waals surface area contributed by atoms with Crippen LogP contribution in [0.1, 0.15) is 23.2 Å². The smallest absolute Gasteiger partial charge is 0.311 e. The topological polar surface area (TPSA) is 52.6 Å². The first-order valence-corrected chi connectivity index (χ1v) is 6.72. The molecule has 2 rings (SSSR count). The van der Waals surface area contributed by atoms with E-state index in [2.05, 4.69) is 0 Å². The highest BCUT2D eigenvalue weighted by atomic mass is 19.1. The lowest BCUT2D eigenvalue weighted by Crippen LogP contribution is -2.10. The average Bonchev–Trinajstić information content (AvgIpc) is 2.55. The molecular weight excluding hydrogens is 287 g/mol. The zero-order valence-corrected chi connectivity index (χ0v) is 12.0. The number of Topliss-reactive ketones (excluding diaryl/α,β-unsaturated/α-hetero) is 1. The number of carbonyl (C=O) groups excluding carboxylic acids is 2. The molecule has 0 spiro atoms. The first kappa shape index (κ1) is 15.7. The molecule has 114 valence electrons. The van der Waals surface area contributed by atoms with Gasteiger partial charge in [-0.15, -0.1) is 0 Å². The minimum atomic E-state index is -0.534. The van der Waals surface area contributed by atoms with Crippen LogP contribution in [-0.2, 0) is 4.79 Å². The van der Waals surface area contributed by atoms with Crippen molar-refractivity contribution in [3.05, 3.63) is 59.9 Å². The van der Waals surface area contributed by atoms with Crippen LogP contribution >= 0.6 is 0 Å². The highest BCUT2D eigenvalue weighted by molar-refractivity contribution is 5.97. The predicted molar refractivity (Wildman–Crippen MR) is 78.6 cm³/mol. The molecule has 0 fully saturated rings. The van der Waals surface area contributed by atoms with Crippen LogP contribution in [0.4, 0.5) is 4.39 Å². The molecule has 0 bridgehead atoms. The summed E-state index contributed by atoms with van der Waals surface area (Å²) in [6, 6.07) is 11.8. The third-order valence-electron chi connectivity index (χ3n) is 3.01. The van der Waals surface area contributed by atoms with Gasteiger partial charge in [0.25, 0.3) is 0 Å². The van der Waals surface area contributed by atoms with Gasteiger partial charge in [-0.3, -0.25) is 9.59 Å². The van der Waals surface area contributed by atoms with Gasteiger partial charge in [0, 0.05) is 12.0 Å². The lowest BCUT2D eigenvalue weighted by molar-refractivity contribution is -0.134. The van der Waals surface area contributed by atoms with Crippen molar-refractivity contribution in [2.24, 2.45) is 0 Å². The number of hydrogen-bond acceptors (Lipinski definition) is 4. The van der Waals surface area contributed by atoms with E-state index in [0.717, 1.165) is 0 Å². The highest BCUT2D eigenvalue weighted by Crippen LogP contribution is 2.15. The monoisotopic (exact) mass is 302 g/mol. The first-order valence-electron chi connectivity index (χ1n) is 6.72. The number of halogens is 1. The molecule has 0 heterocycles. The summed E-state index contributed by atoms with van der Waals surface area (Å²) < 4.78 is 22.7. The Morgan fingerprint density at radius 1 is 0.909 bits per heavy atom. The third kappa shape index (κ3) is 4.41. The van der Waals surface area contributed by atoms with Crippen LogP contribution in [0, 0.1) is 5.82 Å². The maximum atomic E-state index is 12.7. The summed E-state index contributed by atoms with van der Waals surface area (Å²) in [6.45, 7) is 0. The summed E-state index contributed by atoms with van der Waals surface area (Å²) in [7, 11) is 1.54. The summed E-state index contributed by atoms with van der Waals surface area (Å²) in [4.78, 5) is 23.6. The molecule has 2 aromatic rings. The molecule has 2 aromatic carbocycles. The van der Waals surface area contributed by atoms with Gasteiger partial charge in [-0.05, 0) is 48.5 Å². The van der Waals surface area contributed by atoms with E-state index in [1.54, 1.807) is 31.4 Å². The standard InChI is InChI=1S/C17H15FO4/c1-21-14-6-2-12(3-7-14)16(19)10-11-17(20)22-15-8-4-13(18)5-9-15/h2-9H,10-11H2,1H3. The maximum absolute atomic E-state index is 12.7. The quantitative estimate of drug-likeness (QED) is 0.466. The minimum absolute atomic E-state index is 0.0394. The molecule has 0 atom stereocenters. The molecule has 0 amide bonds. The Kier molecular flexibility index (Phi) is 5.25. The van der Waals surface area contributed by atoms with Crippen LogP contribution in [0.2, 0.25) is 0 Å². The lowest BCUT2D eigenvalue weighted by Gasteiger charge is -2.05. The molecule has 0 saturated heterocycles. The van der Waals surface area contributed by atoms with E-state index in [4.69, 9.17) is 9.47 Å². The van der Waals surface area contributed by atoms with Gasteiger partial charge in [-0.1, -0.05) is 0 Å². The normalized spacial score (nSPS) is 10.1. The van der Waals surface area contributed by atoms with Crippen LogP contribution < -0.4 is 9.47 Å². The number of hydrogen-bond donors (Lipinski definition) is 0. The van der Waals surface area contributed by atoms with Crippen LogP contribution in [0.15, 0.2) is 48.5 Å². The Bertz CT molecular complexity index is 647. The van der Waals surface area contributed by atoms with Crippen LogP contribution in [0.5, 0.6) is 11.5 Å². The van der Waals surface area contributed by atoms with E-state index in [-0.39, 0.29) is 24.4 Å². The summed E-state index contributed by atoms with van der Waals surface area (Å²) in [5.41, 5.74) is 0.510. The second-order valence-corrected chi connectivity index (χ2v) is 4.58. The molecule has 0 radical (unpaired) electrons. The number of ether oxygens (including phenoxy) is 2. The van der Waals surface area contributed by atoms with E-state index in [0.29, 0.717) is 11.3 Å². The number of rotatable bonds is 6. The van der Waals surface area contributed by atoms with Crippen molar-refractivity contribution in [3.63, 3.8) is 0 Å². The summed E-state index contributed by atoms with van der Waals surface area (Å²) in [5, 5.41) is 0. The van der Waals surface area contributed by atoms with Crippen LogP contribution in [0.25, 0.3) is 0 Å². The second-order valence-electron chi connectivity index (χ2n) is 4.58. The molecule has 0 aliphatic heterocycles. The van der Waals surface area contributed by atoms with Gasteiger partial charge in [0.05, 0.1) is 13.5 Å². The number of ketones is 1. The van der Waals surface area contributed by atoms with Crippen molar-refractivity contribution < 1.29 is 23.5 Å². The third-order valence-corrected chi connectivity index (χ3v) is 3.01. The fraction of sp³-hybridized carbons (Fsp3) is 0.176. The predicted octanol–water partition coefficient (Wildman–Crippen LogP) is 3.40. The van der Waals surface area contributed by atoms with Gasteiger partial charge >= 0.3 is 5.97 Å². The summed E-state index contributed by atoms with van der Waals surface area (Å²) in [6.07, 6.45) is 0.00853. The molecule has 0 saturated carbocycles. The molecular formula is C17H15FO4. The number of benzene rings is 2. The van der Waals surface area contributed by atoms with E-state index < -0.39 is 11.8 Å². The Hall–Kier alpha value is -2.69. The van der Waals surface area contributed by atoms with Gasteiger partial charge < -0.3 is 9.47 Å². The average molecular weight is 302 g/mol. The van der Waals surface area contributed by atoms with Gasteiger partial charge in [0.2, 0.25) is 0 Å². The van der Waals surface area contributed by atoms with E-state index in [1.807, 2.05) is 0 Å². The van der Waals surface area contributed by atoms with Crippen molar-refractivity contribution >= 4 is 11.8 Å². The Morgan fingerprint density at radius 2 is 1.50 bits per heavy atom. The Balaban J connectivity index is 1.84.